The molecular formula is C25H20F6N2O. The Morgan fingerprint density at radius 2 is 1.06 bits per heavy atom. The molecule has 0 bridgehead atoms. The second-order valence-electron chi connectivity index (χ2n) is 7.51. The van der Waals surface area contributed by atoms with Crippen molar-refractivity contribution < 1.29 is 31.4 Å². The smallest absolute Gasteiger partial charge is 0.416 e. The van der Waals surface area contributed by atoms with Gasteiger partial charge < -0.3 is 5.11 Å². The highest BCUT2D eigenvalue weighted by Gasteiger charge is 2.32. The number of benzene rings is 3. The van der Waals surface area contributed by atoms with Crippen LogP contribution < -0.4 is 0 Å². The Balaban J connectivity index is 2.18. The highest BCUT2D eigenvalue weighted by atomic mass is 19.4. The van der Waals surface area contributed by atoms with Gasteiger partial charge in [0.1, 0.15) is 5.75 Å². The number of aliphatic imine (C=N–C) groups is 2. The van der Waals surface area contributed by atoms with Gasteiger partial charge in [0.25, 0.3) is 0 Å². The molecule has 0 amide bonds. The molecule has 3 aromatic carbocycles. The van der Waals surface area contributed by atoms with Gasteiger partial charge in [0.15, 0.2) is 0 Å². The minimum absolute atomic E-state index is 0.0908. The van der Waals surface area contributed by atoms with E-state index in [2.05, 4.69) is 9.98 Å². The van der Waals surface area contributed by atoms with Crippen molar-refractivity contribution in [3.63, 3.8) is 0 Å². The highest BCUT2D eigenvalue weighted by Crippen LogP contribution is 2.34. The maximum absolute atomic E-state index is 13.2. The van der Waals surface area contributed by atoms with Crippen LogP contribution in [-0.2, 0) is 12.4 Å². The summed E-state index contributed by atoms with van der Waals surface area (Å²) >= 11 is 0. The van der Waals surface area contributed by atoms with Crippen LogP contribution in [0.15, 0.2) is 70.6 Å². The van der Waals surface area contributed by atoms with Gasteiger partial charge in [-0.3, -0.25) is 9.98 Å². The summed E-state index contributed by atoms with van der Waals surface area (Å²) in [4.78, 5) is 8.20. The van der Waals surface area contributed by atoms with Gasteiger partial charge in [-0.1, -0.05) is 24.3 Å². The third-order valence-corrected chi connectivity index (χ3v) is 5.14. The van der Waals surface area contributed by atoms with E-state index in [9.17, 15) is 31.4 Å². The second kappa shape index (κ2) is 9.32. The molecule has 9 heteroatoms. The van der Waals surface area contributed by atoms with Crippen LogP contribution in [0.5, 0.6) is 5.75 Å². The second-order valence-corrected chi connectivity index (χ2v) is 7.51. The molecule has 0 heterocycles. The van der Waals surface area contributed by atoms with Gasteiger partial charge in [-0.05, 0) is 48.9 Å². The molecule has 3 rings (SSSR count). The quantitative estimate of drug-likeness (QED) is 0.330. The number of hydrogen-bond acceptors (Lipinski definition) is 3. The number of hydrogen-bond donors (Lipinski definition) is 1. The largest absolute Gasteiger partial charge is 0.507 e. The summed E-state index contributed by atoms with van der Waals surface area (Å²) in [5.74, 6) is -0.360. The van der Waals surface area contributed by atoms with Crippen molar-refractivity contribution in [2.45, 2.75) is 19.3 Å². The molecule has 0 saturated heterocycles. The molecular weight excluding hydrogens is 458 g/mol. The van der Waals surface area contributed by atoms with E-state index in [-0.39, 0.29) is 39.4 Å². The number of aryl methyl sites for hydroxylation is 1. The van der Waals surface area contributed by atoms with Crippen LogP contribution in [-0.4, -0.2) is 30.6 Å². The zero-order chi connectivity index (χ0) is 25.3. The number of halogens is 6. The third-order valence-electron chi connectivity index (χ3n) is 5.14. The van der Waals surface area contributed by atoms with Crippen LogP contribution in [0.2, 0.25) is 0 Å². The minimum Gasteiger partial charge on any atom is -0.507 e. The molecule has 34 heavy (non-hydrogen) atoms. The first-order valence-electron chi connectivity index (χ1n) is 10.00. The monoisotopic (exact) mass is 478 g/mol. The van der Waals surface area contributed by atoms with E-state index in [0.717, 1.165) is 24.3 Å². The van der Waals surface area contributed by atoms with E-state index in [0.29, 0.717) is 5.56 Å². The van der Waals surface area contributed by atoms with Crippen molar-refractivity contribution >= 4 is 11.4 Å². The summed E-state index contributed by atoms with van der Waals surface area (Å²) in [5, 5.41) is 11.1. The van der Waals surface area contributed by atoms with E-state index in [1.54, 1.807) is 19.1 Å². The highest BCUT2D eigenvalue weighted by molar-refractivity contribution is 6.19. The molecule has 3 nitrogen and oxygen atoms in total. The topological polar surface area (TPSA) is 45.0 Å². The van der Waals surface area contributed by atoms with Crippen LogP contribution in [0.25, 0.3) is 0 Å². The Morgan fingerprint density at radius 1 is 0.676 bits per heavy atom. The zero-order valence-corrected chi connectivity index (χ0v) is 18.4. The molecule has 0 aliphatic rings. The summed E-state index contributed by atoms with van der Waals surface area (Å²) in [5.41, 5.74) is -0.465. The van der Waals surface area contributed by atoms with Crippen molar-refractivity contribution in [1.29, 1.82) is 0 Å². The van der Waals surface area contributed by atoms with E-state index >= 15 is 0 Å². The predicted molar refractivity (Wildman–Crippen MR) is 119 cm³/mol. The molecule has 3 aromatic rings. The summed E-state index contributed by atoms with van der Waals surface area (Å²) in [6, 6.07) is 12.1. The van der Waals surface area contributed by atoms with Gasteiger partial charge in [0.05, 0.1) is 22.6 Å². The molecule has 0 aliphatic heterocycles. The summed E-state index contributed by atoms with van der Waals surface area (Å²) in [6.45, 7) is 1.69. The Bertz CT molecular complexity index is 1180. The van der Waals surface area contributed by atoms with Crippen LogP contribution in [0, 0.1) is 6.92 Å². The number of rotatable bonds is 4. The third kappa shape index (κ3) is 5.13. The zero-order valence-electron chi connectivity index (χ0n) is 18.4. The summed E-state index contributed by atoms with van der Waals surface area (Å²) in [7, 11) is 2.75. The number of alkyl halides is 6. The van der Waals surface area contributed by atoms with Gasteiger partial charge >= 0.3 is 12.4 Å². The van der Waals surface area contributed by atoms with Gasteiger partial charge in [-0.15, -0.1) is 0 Å². The van der Waals surface area contributed by atoms with Crippen molar-refractivity contribution in [3.05, 3.63) is 99.6 Å². The molecule has 0 unspecified atom stereocenters. The predicted octanol–water partition coefficient (Wildman–Crippen LogP) is 6.67. The fourth-order valence-electron chi connectivity index (χ4n) is 3.64. The number of aromatic hydroxyl groups is 1. The maximum Gasteiger partial charge on any atom is 0.416 e. The Kier molecular flexibility index (Phi) is 6.86. The Hall–Kier alpha value is -3.62. The molecule has 0 atom stereocenters. The molecule has 178 valence electrons. The minimum atomic E-state index is -4.57. The SMILES string of the molecule is CN=C(c1cccc(C(F)(F)F)c1)c1cc(C)cc(C(=NC)c2cccc(C(F)(F)F)c2)c1O. The first-order valence-corrected chi connectivity index (χ1v) is 10.00. The maximum atomic E-state index is 13.2. The summed E-state index contributed by atoms with van der Waals surface area (Å²) in [6.07, 6.45) is -9.14. The normalized spacial score (nSPS) is 13.3. The van der Waals surface area contributed by atoms with Crippen LogP contribution in [0.4, 0.5) is 26.3 Å². The number of nitrogens with zero attached hydrogens (tertiary/aromatic N) is 2. The van der Waals surface area contributed by atoms with Gasteiger partial charge in [0.2, 0.25) is 0 Å². The van der Waals surface area contributed by atoms with Gasteiger partial charge in [-0.2, -0.15) is 26.3 Å². The van der Waals surface area contributed by atoms with E-state index in [4.69, 9.17) is 0 Å². The molecule has 0 aliphatic carbocycles. The standard InChI is InChI=1S/C25H20F6N2O/c1-14-10-19(21(32-2)15-6-4-8-17(12-15)24(26,27)28)23(34)20(11-14)22(33-3)16-7-5-9-18(13-16)25(29,30)31/h4-13,34H,1-3H3. The molecule has 0 spiro atoms. The van der Waals surface area contributed by atoms with Gasteiger partial charge in [0, 0.05) is 36.3 Å². The van der Waals surface area contributed by atoms with Crippen molar-refractivity contribution in [2.24, 2.45) is 9.98 Å². The molecule has 0 fully saturated rings. The molecule has 0 saturated carbocycles. The van der Waals surface area contributed by atoms with E-state index < -0.39 is 23.5 Å². The lowest BCUT2D eigenvalue weighted by molar-refractivity contribution is -0.138. The lowest BCUT2D eigenvalue weighted by atomic mass is 9.92. The van der Waals surface area contributed by atoms with Crippen LogP contribution >= 0.6 is 0 Å². The lowest BCUT2D eigenvalue weighted by Gasteiger charge is -2.17. The Labute approximate surface area is 192 Å². The number of phenolic OH excluding ortho intramolecular Hbond substituents is 1. The molecule has 1 N–H and O–H groups in total. The van der Waals surface area contributed by atoms with E-state index in [1.807, 2.05) is 0 Å². The number of phenols is 1. The average molecular weight is 478 g/mol. The fourth-order valence-corrected chi connectivity index (χ4v) is 3.64. The fraction of sp³-hybridized carbons (Fsp3) is 0.200. The molecule has 0 aromatic heterocycles. The van der Waals surface area contributed by atoms with E-state index in [1.165, 1.54) is 38.4 Å². The molecule has 0 radical (unpaired) electrons. The first-order chi connectivity index (χ1) is 15.9. The average Bonchev–Trinajstić information content (AvgIpc) is 2.77. The lowest BCUT2D eigenvalue weighted by Crippen LogP contribution is -2.12. The van der Waals surface area contributed by atoms with Crippen molar-refractivity contribution in [1.82, 2.24) is 0 Å². The first kappa shape index (κ1) is 25.0. The Morgan fingerprint density at radius 3 is 1.38 bits per heavy atom. The van der Waals surface area contributed by atoms with Crippen molar-refractivity contribution in [3.8, 4) is 5.75 Å². The van der Waals surface area contributed by atoms with Crippen molar-refractivity contribution in [2.75, 3.05) is 14.1 Å². The van der Waals surface area contributed by atoms with Crippen LogP contribution in [0.3, 0.4) is 0 Å². The van der Waals surface area contributed by atoms with Crippen LogP contribution in [0.1, 0.15) is 38.9 Å². The summed E-state index contributed by atoms with van der Waals surface area (Å²) < 4.78 is 79.3. The van der Waals surface area contributed by atoms with Gasteiger partial charge in [-0.25, -0.2) is 0 Å².